The molecule has 2 aromatic carbocycles. The number of amides is 2. The Kier molecular flexibility index (Phi) is 4.30. The van der Waals surface area contributed by atoms with Gasteiger partial charge < -0.3 is 4.74 Å². The summed E-state index contributed by atoms with van der Waals surface area (Å²) in [5.41, 5.74) is 0.581. The number of Topliss-reactive ketones (excluding diaryl/α,β-unsaturated/α-hetero) is 1. The molecule has 1 aliphatic heterocycles. The standard InChI is InChI=1S/C17H11Cl2NO4/c1-24-15-5-3-2-4-9(15)14(21)8-20-16(22)10-6-12(18)13(19)7-11(10)17(20)23/h2-7H,8H2,1H3. The largest absolute Gasteiger partial charge is 0.496 e. The van der Waals surface area contributed by atoms with E-state index in [9.17, 15) is 14.4 Å². The van der Waals surface area contributed by atoms with Crippen LogP contribution in [0.25, 0.3) is 0 Å². The van der Waals surface area contributed by atoms with Gasteiger partial charge in [0.05, 0.1) is 40.4 Å². The predicted octanol–water partition coefficient (Wildman–Crippen LogP) is 3.48. The third kappa shape index (κ3) is 2.66. The van der Waals surface area contributed by atoms with Gasteiger partial charge in [0.25, 0.3) is 11.8 Å². The molecule has 122 valence electrons. The Hall–Kier alpha value is -2.37. The molecule has 0 spiro atoms. The highest BCUT2D eigenvalue weighted by Gasteiger charge is 2.37. The number of fused-ring (bicyclic) bond motifs is 1. The molecule has 0 fully saturated rings. The minimum absolute atomic E-state index is 0.141. The number of para-hydroxylation sites is 1. The molecule has 24 heavy (non-hydrogen) atoms. The van der Waals surface area contributed by atoms with Gasteiger partial charge in [-0.1, -0.05) is 35.3 Å². The van der Waals surface area contributed by atoms with E-state index in [-0.39, 0.29) is 27.7 Å². The first kappa shape index (κ1) is 16.5. The maximum atomic E-state index is 12.5. The van der Waals surface area contributed by atoms with Crippen molar-refractivity contribution in [3.63, 3.8) is 0 Å². The molecule has 5 nitrogen and oxygen atoms in total. The summed E-state index contributed by atoms with van der Waals surface area (Å²) in [4.78, 5) is 38.2. The van der Waals surface area contributed by atoms with Gasteiger partial charge in [-0.15, -0.1) is 0 Å². The van der Waals surface area contributed by atoms with E-state index in [1.54, 1.807) is 24.3 Å². The van der Waals surface area contributed by atoms with Crippen LogP contribution in [0.3, 0.4) is 0 Å². The Balaban J connectivity index is 1.91. The van der Waals surface area contributed by atoms with E-state index in [0.29, 0.717) is 11.3 Å². The van der Waals surface area contributed by atoms with Crippen molar-refractivity contribution in [2.45, 2.75) is 0 Å². The number of rotatable bonds is 4. The lowest BCUT2D eigenvalue weighted by Gasteiger charge is -2.14. The number of ketones is 1. The molecule has 0 saturated carbocycles. The number of imide groups is 1. The van der Waals surface area contributed by atoms with Crippen LogP contribution in [0.4, 0.5) is 0 Å². The first-order valence-electron chi connectivity index (χ1n) is 6.95. The van der Waals surface area contributed by atoms with E-state index in [4.69, 9.17) is 27.9 Å². The number of carbonyl (C=O) groups is 3. The third-order valence-corrected chi connectivity index (χ3v) is 4.44. The molecule has 0 atom stereocenters. The van der Waals surface area contributed by atoms with Gasteiger partial charge >= 0.3 is 0 Å². The molecule has 0 unspecified atom stereocenters. The maximum Gasteiger partial charge on any atom is 0.262 e. The first-order chi connectivity index (χ1) is 11.4. The van der Waals surface area contributed by atoms with Crippen molar-refractivity contribution in [2.75, 3.05) is 13.7 Å². The van der Waals surface area contributed by atoms with Gasteiger partial charge in [0.1, 0.15) is 5.75 Å². The van der Waals surface area contributed by atoms with Crippen LogP contribution in [-0.4, -0.2) is 36.2 Å². The summed E-state index contributed by atoms with van der Waals surface area (Å²) in [5.74, 6) is -1.17. The Morgan fingerprint density at radius 2 is 1.58 bits per heavy atom. The molecule has 7 heteroatoms. The van der Waals surface area contributed by atoms with Gasteiger partial charge in [0, 0.05) is 0 Å². The monoisotopic (exact) mass is 363 g/mol. The minimum Gasteiger partial charge on any atom is -0.496 e. The zero-order chi connectivity index (χ0) is 17.4. The summed E-state index contributed by atoms with van der Waals surface area (Å²) in [6.45, 7) is -0.387. The lowest BCUT2D eigenvalue weighted by Crippen LogP contribution is -2.35. The molecular formula is C17H11Cl2NO4. The minimum atomic E-state index is -0.572. The van der Waals surface area contributed by atoms with E-state index in [0.717, 1.165) is 4.90 Å². The summed E-state index contributed by atoms with van der Waals surface area (Å²) in [5, 5.41) is 0.351. The predicted molar refractivity (Wildman–Crippen MR) is 89.2 cm³/mol. The Morgan fingerprint density at radius 3 is 2.12 bits per heavy atom. The average Bonchev–Trinajstić information content (AvgIpc) is 2.80. The van der Waals surface area contributed by atoms with E-state index in [2.05, 4.69) is 0 Å². The number of benzene rings is 2. The van der Waals surface area contributed by atoms with Crippen LogP contribution < -0.4 is 4.74 Å². The van der Waals surface area contributed by atoms with Crippen LogP contribution in [0.1, 0.15) is 31.1 Å². The van der Waals surface area contributed by atoms with Crippen molar-refractivity contribution >= 4 is 40.8 Å². The molecule has 0 aliphatic carbocycles. The van der Waals surface area contributed by atoms with Gasteiger partial charge in [-0.05, 0) is 24.3 Å². The number of nitrogens with zero attached hydrogens (tertiary/aromatic N) is 1. The van der Waals surface area contributed by atoms with E-state index < -0.39 is 17.6 Å². The SMILES string of the molecule is COc1ccccc1C(=O)CN1C(=O)c2cc(Cl)c(Cl)cc2C1=O. The Morgan fingerprint density at radius 1 is 1.04 bits per heavy atom. The number of ether oxygens (including phenoxy) is 1. The van der Waals surface area contributed by atoms with Crippen LogP contribution >= 0.6 is 23.2 Å². The second-order valence-electron chi connectivity index (χ2n) is 5.13. The summed E-state index contributed by atoms with van der Waals surface area (Å²) >= 11 is 11.8. The summed E-state index contributed by atoms with van der Waals surface area (Å²) in [7, 11) is 1.44. The quantitative estimate of drug-likeness (QED) is 0.616. The fourth-order valence-electron chi connectivity index (χ4n) is 2.53. The van der Waals surface area contributed by atoms with Gasteiger partial charge in [0.15, 0.2) is 5.78 Å². The summed E-state index contributed by atoms with van der Waals surface area (Å²) < 4.78 is 5.13. The topological polar surface area (TPSA) is 63.7 Å². The van der Waals surface area contributed by atoms with Crippen molar-refractivity contribution in [3.05, 3.63) is 63.1 Å². The molecule has 2 amide bonds. The summed E-state index contributed by atoms with van der Waals surface area (Å²) in [6, 6.07) is 9.29. The molecule has 0 aromatic heterocycles. The van der Waals surface area contributed by atoms with Gasteiger partial charge in [-0.2, -0.15) is 0 Å². The molecule has 0 N–H and O–H groups in total. The van der Waals surface area contributed by atoms with Crippen LogP contribution in [0.2, 0.25) is 10.0 Å². The molecule has 1 aliphatic rings. The van der Waals surface area contributed by atoms with Crippen LogP contribution in [0, 0.1) is 0 Å². The lowest BCUT2D eigenvalue weighted by atomic mass is 10.1. The zero-order valence-electron chi connectivity index (χ0n) is 12.5. The fraction of sp³-hybridized carbons (Fsp3) is 0.118. The van der Waals surface area contributed by atoms with Crippen molar-refractivity contribution in [3.8, 4) is 5.75 Å². The van der Waals surface area contributed by atoms with E-state index >= 15 is 0 Å². The Bertz CT molecular complexity index is 838. The third-order valence-electron chi connectivity index (χ3n) is 3.72. The van der Waals surface area contributed by atoms with E-state index in [1.807, 2.05) is 0 Å². The summed E-state index contributed by atoms with van der Waals surface area (Å²) in [6.07, 6.45) is 0. The number of carbonyl (C=O) groups excluding carboxylic acids is 3. The molecular weight excluding hydrogens is 353 g/mol. The lowest BCUT2D eigenvalue weighted by molar-refractivity contribution is 0.0623. The van der Waals surface area contributed by atoms with Crippen molar-refractivity contribution in [1.82, 2.24) is 4.90 Å². The number of halogens is 2. The van der Waals surface area contributed by atoms with E-state index in [1.165, 1.54) is 19.2 Å². The second-order valence-corrected chi connectivity index (χ2v) is 5.95. The van der Waals surface area contributed by atoms with Crippen LogP contribution in [0.15, 0.2) is 36.4 Å². The van der Waals surface area contributed by atoms with Gasteiger partial charge in [-0.3, -0.25) is 19.3 Å². The van der Waals surface area contributed by atoms with Crippen LogP contribution in [0.5, 0.6) is 5.75 Å². The van der Waals surface area contributed by atoms with Crippen LogP contribution in [-0.2, 0) is 0 Å². The zero-order valence-corrected chi connectivity index (χ0v) is 14.0. The second kappa shape index (κ2) is 6.26. The average molecular weight is 364 g/mol. The van der Waals surface area contributed by atoms with Crippen molar-refractivity contribution in [1.29, 1.82) is 0 Å². The normalized spacial score (nSPS) is 13.2. The molecule has 2 aromatic rings. The molecule has 0 bridgehead atoms. The smallest absolute Gasteiger partial charge is 0.262 e. The molecule has 1 heterocycles. The highest BCUT2D eigenvalue weighted by Crippen LogP contribution is 2.31. The van der Waals surface area contributed by atoms with Crippen molar-refractivity contribution in [2.24, 2.45) is 0 Å². The molecule has 0 radical (unpaired) electrons. The number of hydrogen-bond donors (Lipinski definition) is 0. The Labute approximate surface area is 147 Å². The van der Waals surface area contributed by atoms with Gasteiger partial charge in [-0.25, -0.2) is 0 Å². The highest BCUT2D eigenvalue weighted by atomic mass is 35.5. The fourth-order valence-corrected chi connectivity index (χ4v) is 2.86. The number of methoxy groups -OCH3 is 1. The highest BCUT2D eigenvalue weighted by molar-refractivity contribution is 6.43. The molecule has 3 rings (SSSR count). The first-order valence-corrected chi connectivity index (χ1v) is 7.71. The van der Waals surface area contributed by atoms with Crippen molar-refractivity contribution < 1.29 is 19.1 Å². The van der Waals surface area contributed by atoms with Gasteiger partial charge in [0.2, 0.25) is 0 Å². The maximum absolute atomic E-state index is 12.5. The number of hydrogen-bond acceptors (Lipinski definition) is 4. The molecule has 0 saturated heterocycles.